The van der Waals surface area contributed by atoms with Gasteiger partial charge in [-0.3, -0.25) is 16.0 Å². The Labute approximate surface area is 105 Å². The van der Waals surface area contributed by atoms with Crippen molar-refractivity contribution >= 4 is 0 Å². The lowest BCUT2D eigenvalue weighted by atomic mass is 10.1. The van der Waals surface area contributed by atoms with Crippen LogP contribution in [0.1, 0.15) is 51.4 Å². The minimum absolute atomic E-state index is 0.363. The number of nitrogens with one attached hydrogen (secondary N) is 1. The van der Waals surface area contributed by atoms with Gasteiger partial charge < -0.3 is 0 Å². The van der Waals surface area contributed by atoms with E-state index in [1.807, 2.05) is 0 Å². The van der Waals surface area contributed by atoms with Gasteiger partial charge in [0.05, 0.1) is 5.69 Å². The summed E-state index contributed by atoms with van der Waals surface area (Å²) in [4.78, 5) is 0. The zero-order valence-electron chi connectivity index (χ0n) is 11.4. The Balaban J connectivity index is 2.67. The first-order chi connectivity index (χ1) is 8.24. The third-order valence-electron chi connectivity index (χ3n) is 3.17. The van der Waals surface area contributed by atoms with E-state index in [4.69, 9.17) is 5.84 Å². The summed E-state index contributed by atoms with van der Waals surface area (Å²) in [5.74, 6) is 5.61. The lowest BCUT2D eigenvalue weighted by molar-refractivity contribution is 0.457. The van der Waals surface area contributed by atoms with E-state index in [0.717, 1.165) is 25.8 Å². The summed E-state index contributed by atoms with van der Waals surface area (Å²) in [6.07, 6.45) is 5.53. The minimum atomic E-state index is 0.363. The quantitative estimate of drug-likeness (QED) is 0.538. The molecule has 1 rings (SSSR count). The summed E-state index contributed by atoms with van der Waals surface area (Å²) < 4.78 is 2.09. The highest BCUT2D eigenvalue weighted by atomic mass is 15.3. The third kappa shape index (κ3) is 4.13. The van der Waals surface area contributed by atoms with Crippen molar-refractivity contribution in [1.29, 1.82) is 0 Å². The van der Waals surface area contributed by atoms with Crippen molar-refractivity contribution in [2.24, 2.45) is 5.84 Å². The molecule has 0 amide bonds. The van der Waals surface area contributed by atoms with E-state index in [2.05, 4.69) is 42.0 Å². The number of unbranched alkanes of at least 4 members (excludes halogenated alkanes) is 1. The van der Waals surface area contributed by atoms with Crippen molar-refractivity contribution in [2.75, 3.05) is 0 Å². The number of nitrogens with two attached hydrogens (primary N) is 1. The van der Waals surface area contributed by atoms with Crippen LogP contribution in [0.15, 0.2) is 6.07 Å². The van der Waals surface area contributed by atoms with Gasteiger partial charge in [0.15, 0.2) is 0 Å². The molecular weight excluding hydrogens is 212 g/mol. The number of aryl methyl sites for hydroxylation is 2. The molecular formula is C13H26N4. The highest BCUT2D eigenvalue weighted by Gasteiger charge is 2.12. The first-order valence-electron chi connectivity index (χ1n) is 6.76. The second kappa shape index (κ2) is 7.45. The molecule has 1 atom stereocenters. The van der Waals surface area contributed by atoms with Crippen LogP contribution in [0.3, 0.4) is 0 Å². The number of aromatic nitrogens is 2. The molecule has 0 aromatic carbocycles. The smallest absolute Gasteiger partial charge is 0.0624 e. The van der Waals surface area contributed by atoms with Crippen LogP contribution in [0, 0.1) is 0 Å². The topological polar surface area (TPSA) is 55.9 Å². The molecule has 1 aromatic heterocycles. The maximum atomic E-state index is 5.61. The fourth-order valence-corrected chi connectivity index (χ4v) is 2.07. The van der Waals surface area contributed by atoms with Crippen molar-refractivity contribution in [3.63, 3.8) is 0 Å². The van der Waals surface area contributed by atoms with E-state index in [-0.39, 0.29) is 0 Å². The largest absolute Gasteiger partial charge is 0.271 e. The number of rotatable bonds is 8. The lowest BCUT2D eigenvalue weighted by Gasteiger charge is -2.15. The highest BCUT2D eigenvalue weighted by Crippen LogP contribution is 2.11. The summed E-state index contributed by atoms with van der Waals surface area (Å²) in [5.41, 5.74) is 5.39. The maximum absolute atomic E-state index is 5.61. The van der Waals surface area contributed by atoms with Crippen molar-refractivity contribution in [3.8, 4) is 0 Å². The highest BCUT2D eigenvalue weighted by molar-refractivity contribution is 5.11. The lowest BCUT2D eigenvalue weighted by Crippen LogP contribution is -2.37. The standard InChI is InChI=1S/C13H26N4/c1-4-7-8-12(15-14)10-13-9-11(5-2)16-17(13)6-3/h9,12,15H,4-8,10,14H2,1-3H3. The van der Waals surface area contributed by atoms with Crippen molar-refractivity contribution in [3.05, 3.63) is 17.5 Å². The van der Waals surface area contributed by atoms with E-state index in [0.29, 0.717) is 6.04 Å². The average molecular weight is 238 g/mol. The zero-order valence-corrected chi connectivity index (χ0v) is 11.4. The van der Waals surface area contributed by atoms with Gasteiger partial charge in [-0.1, -0.05) is 26.7 Å². The Morgan fingerprint density at radius 1 is 1.41 bits per heavy atom. The van der Waals surface area contributed by atoms with Crippen molar-refractivity contribution in [2.45, 2.75) is 65.5 Å². The Bertz CT molecular complexity index is 319. The maximum Gasteiger partial charge on any atom is 0.0624 e. The SMILES string of the molecule is CCCCC(Cc1cc(CC)nn1CC)NN. The summed E-state index contributed by atoms with van der Waals surface area (Å²) in [6, 6.07) is 2.57. The van der Waals surface area contributed by atoms with Gasteiger partial charge in [0.2, 0.25) is 0 Å². The number of nitrogens with zero attached hydrogens (tertiary/aromatic N) is 2. The van der Waals surface area contributed by atoms with Crippen LogP contribution in [0.5, 0.6) is 0 Å². The molecule has 0 fully saturated rings. The van der Waals surface area contributed by atoms with Gasteiger partial charge in [0.1, 0.15) is 0 Å². The Hall–Kier alpha value is -0.870. The summed E-state index contributed by atoms with van der Waals surface area (Å²) >= 11 is 0. The summed E-state index contributed by atoms with van der Waals surface area (Å²) in [6.45, 7) is 7.41. The van der Waals surface area contributed by atoms with Gasteiger partial charge in [-0.15, -0.1) is 0 Å². The second-order valence-electron chi connectivity index (χ2n) is 4.51. The molecule has 1 unspecified atom stereocenters. The molecule has 0 aliphatic heterocycles. The molecule has 17 heavy (non-hydrogen) atoms. The van der Waals surface area contributed by atoms with Crippen LogP contribution in [0.2, 0.25) is 0 Å². The number of hydrogen-bond donors (Lipinski definition) is 2. The van der Waals surface area contributed by atoms with Crippen molar-refractivity contribution < 1.29 is 0 Å². The predicted octanol–water partition coefficient (Wildman–Crippen LogP) is 2.03. The number of hydrogen-bond acceptors (Lipinski definition) is 3. The average Bonchev–Trinajstić information content (AvgIpc) is 2.76. The fraction of sp³-hybridized carbons (Fsp3) is 0.769. The molecule has 98 valence electrons. The van der Waals surface area contributed by atoms with Crippen LogP contribution in [-0.4, -0.2) is 15.8 Å². The van der Waals surface area contributed by atoms with E-state index in [1.54, 1.807) is 0 Å². The van der Waals surface area contributed by atoms with Crippen LogP contribution >= 0.6 is 0 Å². The Morgan fingerprint density at radius 2 is 2.18 bits per heavy atom. The monoisotopic (exact) mass is 238 g/mol. The van der Waals surface area contributed by atoms with E-state index in [9.17, 15) is 0 Å². The van der Waals surface area contributed by atoms with E-state index in [1.165, 1.54) is 24.2 Å². The Kier molecular flexibility index (Phi) is 6.22. The molecule has 1 heterocycles. The molecule has 0 saturated carbocycles. The number of hydrazine groups is 1. The molecule has 0 saturated heterocycles. The van der Waals surface area contributed by atoms with Crippen LogP contribution in [-0.2, 0) is 19.4 Å². The molecule has 0 bridgehead atoms. The normalized spacial score (nSPS) is 12.9. The third-order valence-corrected chi connectivity index (χ3v) is 3.17. The molecule has 4 heteroatoms. The van der Waals surface area contributed by atoms with E-state index < -0.39 is 0 Å². The van der Waals surface area contributed by atoms with Gasteiger partial charge in [-0.2, -0.15) is 5.10 Å². The van der Waals surface area contributed by atoms with Gasteiger partial charge in [0, 0.05) is 24.7 Å². The molecule has 1 aromatic rings. The molecule has 0 aliphatic rings. The summed E-state index contributed by atoms with van der Waals surface area (Å²) in [5, 5.41) is 4.56. The molecule has 0 aliphatic carbocycles. The van der Waals surface area contributed by atoms with E-state index >= 15 is 0 Å². The van der Waals surface area contributed by atoms with Gasteiger partial charge in [0.25, 0.3) is 0 Å². The van der Waals surface area contributed by atoms with Crippen molar-refractivity contribution in [1.82, 2.24) is 15.2 Å². The predicted molar refractivity (Wildman–Crippen MR) is 71.6 cm³/mol. The molecule has 3 N–H and O–H groups in total. The first-order valence-corrected chi connectivity index (χ1v) is 6.76. The molecule has 0 radical (unpaired) electrons. The zero-order chi connectivity index (χ0) is 12.7. The van der Waals surface area contributed by atoms with Crippen LogP contribution in [0.25, 0.3) is 0 Å². The summed E-state index contributed by atoms with van der Waals surface area (Å²) in [7, 11) is 0. The van der Waals surface area contributed by atoms with Crippen LogP contribution in [0.4, 0.5) is 0 Å². The van der Waals surface area contributed by atoms with Gasteiger partial charge in [-0.25, -0.2) is 0 Å². The van der Waals surface area contributed by atoms with Gasteiger partial charge >= 0.3 is 0 Å². The Morgan fingerprint density at radius 3 is 2.71 bits per heavy atom. The fourth-order valence-electron chi connectivity index (χ4n) is 2.07. The first kappa shape index (κ1) is 14.2. The molecule has 4 nitrogen and oxygen atoms in total. The van der Waals surface area contributed by atoms with Gasteiger partial charge in [-0.05, 0) is 25.8 Å². The minimum Gasteiger partial charge on any atom is -0.271 e. The van der Waals surface area contributed by atoms with Crippen LogP contribution < -0.4 is 11.3 Å². The molecule has 0 spiro atoms. The second-order valence-corrected chi connectivity index (χ2v) is 4.51.